The highest BCUT2D eigenvalue weighted by Crippen LogP contribution is 2.59. The summed E-state index contributed by atoms with van der Waals surface area (Å²) in [6, 6.07) is 0. The summed E-state index contributed by atoms with van der Waals surface area (Å²) in [6.07, 6.45) is 15.2. The van der Waals surface area contributed by atoms with Crippen molar-refractivity contribution in [3.63, 3.8) is 0 Å². The first-order valence-electron chi connectivity index (χ1n) is 8.27. The number of hydrogen-bond donors (Lipinski definition) is 1. The van der Waals surface area contributed by atoms with E-state index in [1.165, 1.54) is 44.9 Å². The number of fused-ring (bicyclic) bond motifs is 5. The molecule has 2 fully saturated rings. The van der Waals surface area contributed by atoms with E-state index in [2.05, 4.69) is 19.1 Å². The maximum atomic E-state index is 10.3. The Morgan fingerprint density at radius 3 is 2.89 bits per heavy atom. The average molecular weight is 258 g/mol. The third kappa shape index (κ3) is 1.63. The zero-order chi connectivity index (χ0) is 13.0. The molecule has 1 nitrogen and oxygen atoms in total. The van der Waals surface area contributed by atoms with Gasteiger partial charge < -0.3 is 5.11 Å². The molecular formula is C18H26O. The minimum Gasteiger partial charge on any atom is -0.392 e. The van der Waals surface area contributed by atoms with E-state index in [0.29, 0.717) is 0 Å². The highest BCUT2D eigenvalue weighted by atomic mass is 16.3. The van der Waals surface area contributed by atoms with Crippen LogP contribution in [0.5, 0.6) is 0 Å². The van der Waals surface area contributed by atoms with Gasteiger partial charge in [0.05, 0.1) is 6.10 Å². The fourth-order valence-electron chi connectivity index (χ4n) is 5.58. The van der Waals surface area contributed by atoms with Crippen molar-refractivity contribution in [3.05, 3.63) is 23.3 Å². The Labute approximate surface area is 116 Å². The maximum absolute atomic E-state index is 10.3. The van der Waals surface area contributed by atoms with Crippen molar-refractivity contribution >= 4 is 0 Å². The normalized spacial score (nSPS) is 48.7. The van der Waals surface area contributed by atoms with Crippen molar-refractivity contribution < 1.29 is 5.11 Å². The van der Waals surface area contributed by atoms with Gasteiger partial charge in [-0.2, -0.15) is 0 Å². The summed E-state index contributed by atoms with van der Waals surface area (Å²) >= 11 is 0. The predicted molar refractivity (Wildman–Crippen MR) is 77.7 cm³/mol. The number of aliphatic hydroxyl groups excluding tert-OH is 1. The summed E-state index contributed by atoms with van der Waals surface area (Å²) in [6.45, 7) is 2.31. The van der Waals surface area contributed by atoms with Gasteiger partial charge in [0.15, 0.2) is 0 Å². The number of rotatable bonds is 0. The van der Waals surface area contributed by atoms with Crippen LogP contribution in [0, 0.1) is 23.2 Å². The molecular weight excluding hydrogens is 232 g/mol. The molecule has 0 radical (unpaired) electrons. The quantitative estimate of drug-likeness (QED) is 0.645. The molecule has 0 heterocycles. The molecule has 0 spiro atoms. The monoisotopic (exact) mass is 258 g/mol. The molecule has 0 aliphatic heterocycles. The summed E-state index contributed by atoms with van der Waals surface area (Å²) in [5.41, 5.74) is 3.52. The smallest absolute Gasteiger partial charge is 0.0665 e. The Balaban J connectivity index is 1.68. The Kier molecular flexibility index (Phi) is 2.71. The standard InChI is InChI=1S/C18H26O/c1-18-11-10-14-13-5-3-2-4-12(13)6-7-15(14)16(18)8-9-17(18)19/h6,8,13-15,17,19H,2-5,7,9-11H2,1H3/t13-,14+,15+,17-,18-/m0/s1. The van der Waals surface area contributed by atoms with Crippen LogP contribution in [0.25, 0.3) is 0 Å². The molecule has 5 atom stereocenters. The van der Waals surface area contributed by atoms with E-state index in [-0.39, 0.29) is 11.5 Å². The zero-order valence-electron chi connectivity index (χ0n) is 12.1. The van der Waals surface area contributed by atoms with Gasteiger partial charge in [-0.3, -0.25) is 0 Å². The minimum absolute atomic E-state index is 0.111. The number of allylic oxidation sites excluding steroid dienone is 2. The van der Waals surface area contributed by atoms with Gasteiger partial charge in [-0.1, -0.05) is 36.6 Å². The van der Waals surface area contributed by atoms with Crippen molar-refractivity contribution in [2.75, 3.05) is 0 Å². The van der Waals surface area contributed by atoms with E-state index in [4.69, 9.17) is 0 Å². The van der Waals surface area contributed by atoms with E-state index < -0.39 is 0 Å². The molecule has 4 rings (SSSR count). The van der Waals surface area contributed by atoms with Crippen molar-refractivity contribution in [2.45, 2.75) is 64.4 Å². The van der Waals surface area contributed by atoms with Gasteiger partial charge in [0, 0.05) is 5.41 Å². The summed E-state index contributed by atoms with van der Waals surface area (Å²) in [4.78, 5) is 0. The van der Waals surface area contributed by atoms with Gasteiger partial charge in [-0.25, -0.2) is 0 Å². The van der Waals surface area contributed by atoms with Crippen LogP contribution in [-0.4, -0.2) is 11.2 Å². The van der Waals surface area contributed by atoms with Crippen molar-refractivity contribution in [1.29, 1.82) is 0 Å². The fourth-order valence-corrected chi connectivity index (χ4v) is 5.58. The van der Waals surface area contributed by atoms with Crippen LogP contribution in [0.1, 0.15) is 58.3 Å². The molecule has 19 heavy (non-hydrogen) atoms. The SMILES string of the molecule is C[C@]12CC[C@@H]3[C@H]4CCCCC4=CC[C@H]3C1=CC[C@@H]2O. The van der Waals surface area contributed by atoms with Crippen molar-refractivity contribution in [1.82, 2.24) is 0 Å². The van der Waals surface area contributed by atoms with Crippen LogP contribution < -0.4 is 0 Å². The molecule has 0 aromatic carbocycles. The van der Waals surface area contributed by atoms with E-state index >= 15 is 0 Å². The Morgan fingerprint density at radius 1 is 1.11 bits per heavy atom. The van der Waals surface area contributed by atoms with E-state index in [9.17, 15) is 5.11 Å². The molecule has 4 aliphatic rings. The van der Waals surface area contributed by atoms with E-state index in [0.717, 1.165) is 24.2 Å². The van der Waals surface area contributed by atoms with Crippen molar-refractivity contribution in [3.8, 4) is 0 Å². The lowest BCUT2D eigenvalue weighted by Crippen LogP contribution is -2.43. The third-order valence-electron chi connectivity index (χ3n) is 6.73. The van der Waals surface area contributed by atoms with Crippen LogP contribution in [0.4, 0.5) is 0 Å². The molecule has 2 saturated carbocycles. The highest BCUT2D eigenvalue weighted by molar-refractivity contribution is 5.32. The molecule has 0 unspecified atom stereocenters. The molecule has 0 aromatic heterocycles. The second kappa shape index (κ2) is 4.22. The first-order chi connectivity index (χ1) is 9.20. The maximum Gasteiger partial charge on any atom is 0.0665 e. The Hall–Kier alpha value is -0.560. The topological polar surface area (TPSA) is 20.2 Å². The minimum atomic E-state index is -0.111. The molecule has 1 N–H and O–H groups in total. The predicted octanol–water partition coefficient (Wildman–Crippen LogP) is 4.23. The molecule has 0 bridgehead atoms. The summed E-state index contributed by atoms with van der Waals surface area (Å²) in [7, 11) is 0. The van der Waals surface area contributed by atoms with Crippen LogP contribution in [-0.2, 0) is 0 Å². The first-order valence-corrected chi connectivity index (χ1v) is 8.27. The summed E-state index contributed by atoms with van der Waals surface area (Å²) in [5, 5.41) is 10.3. The average Bonchev–Trinajstić information content (AvgIpc) is 2.75. The molecule has 0 saturated heterocycles. The van der Waals surface area contributed by atoms with Gasteiger partial charge in [-0.05, 0) is 62.7 Å². The van der Waals surface area contributed by atoms with Gasteiger partial charge >= 0.3 is 0 Å². The lowest BCUT2D eigenvalue weighted by Gasteiger charge is -2.50. The second-order valence-corrected chi connectivity index (χ2v) is 7.50. The lowest BCUT2D eigenvalue weighted by atomic mass is 9.55. The van der Waals surface area contributed by atoms with Crippen LogP contribution >= 0.6 is 0 Å². The van der Waals surface area contributed by atoms with Crippen LogP contribution in [0.15, 0.2) is 23.3 Å². The molecule has 0 aromatic rings. The number of aliphatic hydroxyl groups is 1. The highest BCUT2D eigenvalue weighted by Gasteiger charge is 2.51. The molecule has 1 heteroatoms. The van der Waals surface area contributed by atoms with Gasteiger partial charge in [-0.15, -0.1) is 0 Å². The molecule has 104 valence electrons. The lowest BCUT2D eigenvalue weighted by molar-refractivity contribution is 0.0290. The van der Waals surface area contributed by atoms with Gasteiger partial charge in [0.25, 0.3) is 0 Å². The largest absolute Gasteiger partial charge is 0.392 e. The summed E-state index contributed by atoms with van der Waals surface area (Å²) < 4.78 is 0. The first kappa shape index (κ1) is 12.2. The zero-order valence-corrected chi connectivity index (χ0v) is 12.1. The third-order valence-corrected chi connectivity index (χ3v) is 6.73. The fraction of sp³-hybridized carbons (Fsp3) is 0.778. The van der Waals surface area contributed by atoms with E-state index in [1.54, 1.807) is 11.1 Å². The number of hydrogen-bond acceptors (Lipinski definition) is 1. The summed E-state index contributed by atoms with van der Waals surface area (Å²) in [5.74, 6) is 2.53. The second-order valence-electron chi connectivity index (χ2n) is 7.50. The van der Waals surface area contributed by atoms with Crippen LogP contribution in [0.2, 0.25) is 0 Å². The Morgan fingerprint density at radius 2 is 2.00 bits per heavy atom. The van der Waals surface area contributed by atoms with Crippen LogP contribution in [0.3, 0.4) is 0 Å². The molecule has 0 amide bonds. The van der Waals surface area contributed by atoms with Gasteiger partial charge in [0.1, 0.15) is 0 Å². The van der Waals surface area contributed by atoms with E-state index in [1.807, 2.05) is 0 Å². The molecule has 4 aliphatic carbocycles. The van der Waals surface area contributed by atoms with Crippen molar-refractivity contribution in [2.24, 2.45) is 23.2 Å². The van der Waals surface area contributed by atoms with Gasteiger partial charge in [0.2, 0.25) is 0 Å². The Bertz CT molecular complexity index is 447.